The SMILES string of the molecule is CC/C(C(=O)NC1CCC(=O)NC1=O)=C(/C)N1CC2CNCC2C1. The van der Waals surface area contributed by atoms with Crippen LogP contribution in [0.5, 0.6) is 0 Å². The lowest BCUT2D eigenvalue weighted by atomic mass is 10.0. The van der Waals surface area contributed by atoms with Crippen molar-refractivity contribution in [2.24, 2.45) is 11.8 Å². The van der Waals surface area contributed by atoms with Crippen LogP contribution in [-0.4, -0.2) is 54.8 Å². The minimum atomic E-state index is -0.619. The highest BCUT2D eigenvalue weighted by atomic mass is 16.2. The summed E-state index contributed by atoms with van der Waals surface area (Å²) in [6.45, 7) is 8.03. The molecule has 0 aromatic heterocycles. The molecule has 0 bridgehead atoms. The number of carbonyl (C=O) groups excluding carboxylic acids is 3. The second-order valence-corrected chi connectivity index (χ2v) is 6.98. The number of hydrogen-bond donors (Lipinski definition) is 3. The summed E-state index contributed by atoms with van der Waals surface area (Å²) in [4.78, 5) is 38.0. The quantitative estimate of drug-likeness (QED) is 0.487. The average Bonchev–Trinajstić information content (AvgIpc) is 3.12. The van der Waals surface area contributed by atoms with Crippen LogP contribution in [0.1, 0.15) is 33.1 Å². The van der Waals surface area contributed by atoms with Crippen molar-refractivity contribution in [1.82, 2.24) is 20.9 Å². The summed E-state index contributed by atoms with van der Waals surface area (Å²) in [5, 5.41) is 8.49. The van der Waals surface area contributed by atoms with Crippen LogP contribution >= 0.6 is 0 Å². The second kappa shape index (κ2) is 6.93. The zero-order chi connectivity index (χ0) is 17.3. The van der Waals surface area contributed by atoms with Gasteiger partial charge in [0.2, 0.25) is 17.7 Å². The van der Waals surface area contributed by atoms with Gasteiger partial charge in [-0.05, 0) is 31.6 Å². The van der Waals surface area contributed by atoms with Crippen molar-refractivity contribution in [2.45, 2.75) is 39.2 Å². The average molecular weight is 334 g/mol. The number of nitrogens with zero attached hydrogens (tertiary/aromatic N) is 1. The van der Waals surface area contributed by atoms with Crippen LogP contribution in [0.3, 0.4) is 0 Å². The largest absolute Gasteiger partial charge is 0.374 e. The number of imide groups is 1. The number of fused-ring (bicyclic) bond motifs is 1. The molecule has 0 radical (unpaired) electrons. The Kier molecular flexibility index (Phi) is 4.89. The molecule has 3 unspecified atom stereocenters. The molecule has 0 spiro atoms. The molecule has 3 N–H and O–H groups in total. The molecule has 0 aromatic rings. The van der Waals surface area contributed by atoms with Gasteiger partial charge >= 0.3 is 0 Å². The summed E-state index contributed by atoms with van der Waals surface area (Å²) >= 11 is 0. The predicted octanol–water partition coefficient (Wildman–Crippen LogP) is -0.257. The third-order valence-electron chi connectivity index (χ3n) is 5.47. The minimum absolute atomic E-state index is 0.195. The maximum absolute atomic E-state index is 12.6. The topological polar surface area (TPSA) is 90.5 Å². The molecule has 0 aliphatic carbocycles. The van der Waals surface area contributed by atoms with Crippen molar-refractivity contribution < 1.29 is 14.4 Å². The smallest absolute Gasteiger partial charge is 0.249 e. The van der Waals surface area contributed by atoms with Crippen molar-refractivity contribution in [2.75, 3.05) is 26.2 Å². The van der Waals surface area contributed by atoms with Crippen LogP contribution in [0.25, 0.3) is 0 Å². The third-order valence-corrected chi connectivity index (χ3v) is 5.47. The first-order chi connectivity index (χ1) is 11.5. The Morgan fingerprint density at radius 2 is 1.92 bits per heavy atom. The predicted molar refractivity (Wildman–Crippen MR) is 88.7 cm³/mol. The van der Waals surface area contributed by atoms with E-state index in [4.69, 9.17) is 0 Å². The van der Waals surface area contributed by atoms with E-state index >= 15 is 0 Å². The Balaban J connectivity index is 1.67. The molecule has 0 aromatic carbocycles. The number of likely N-dealkylation sites (tertiary alicyclic amines) is 1. The maximum atomic E-state index is 12.6. The summed E-state index contributed by atoms with van der Waals surface area (Å²) in [5.74, 6) is 0.451. The fourth-order valence-corrected chi connectivity index (χ4v) is 3.98. The highest BCUT2D eigenvalue weighted by Crippen LogP contribution is 2.30. The van der Waals surface area contributed by atoms with Gasteiger partial charge in [-0.2, -0.15) is 0 Å². The molecule has 0 saturated carbocycles. The number of allylic oxidation sites excluding steroid dienone is 1. The van der Waals surface area contributed by atoms with Crippen LogP contribution in [-0.2, 0) is 14.4 Å². The Labute approximate surface area is 142 Å². The number of amides is 3. The lowest BCUT2D eigenvalue weighted by Crippen LogP contribution is -2.52. The van der Waals surface area contributed by atoms with Crippen LogP contribution in [0.2, 0.25) is 0 Å². The van der Waals surface area contributed by atoms with Crippen molar-refractivity contribution >= 4 is 17.7 Å². The molecule has 3 atom stereocenters. The molecule has 3 saturated heterocycles. The van der Waals surface area contributed by atoms with Gasteiger partial charge in [-0.3, -0.25) is 19.7 Å². The van der Waals surface area contributed by atoms with Crippen molar-refractivity contribution in [3.05, 3.63) is 11.3 Å². The summed E-state index contributed by atoms with van der Waals surface area (Å²) in [6, 6.07) is -0.619. The molecule has 7 nitrogen and oxygen atoms in total. The maximum Gasteiger partial charge on any atom is 0.249 e. The molecule has 3 rings (SSSR count). The van der Waals surface area contributed by atoms with E-state index in [1.54, 1.807) is 0 Å². The van der Waals surface area contributed by atoms with E-state index < -0.39 is 11.9 Å². The summed E-state index contributed by atoms with van der Waals surface area (Å²) in [6.07, 6.45) is 1.25. The van der Waals surface area contributed by atoms with E-state index in [1.165, 1.54) is 0 Å². The summed E-state index contributed by atoms with van der Waals surface area (Å²) in [7, 11) is 0. The summed E-state index contributed by atoms with van der Waals surface area (Å²) in [5.41, 5.74) is 1.74. The molecule has 3 fully saturated rings. The van der Waals surface area contributed by atoms with Crippen LogP contribution < -0.4 is 16.0 Å². The second-order valence-electron chi connectivity index (χ2n) is 6.98. The van der Waals surface area contributed by atoms with Gasteiger partial charge in [-0.25, -0.2) is 0 Å². The number of hydrogen-bond acceptors (Lipinski definition) is 5. The Bertz CT molecular complexity index is 574. The van der Waals surface area contributed by atoms with Gasteiger partial charge in [0.05, 0.1) is 0 Å². The molecule has 3 amide bonds. The van der Waals surface area contributed by atoms with Gasteiger partial charge < -0.3 is 15.5 Å². The molecule has 132 valence electrons. The Morgan fingerprint density at radius 3 is 2.50 bits per heavy atom. The van der Waals surface area contributed by atoms with E-state index in [1.807, 2.05) is 13.8 Å². The van der Waals surface area contributed by atoms with Gasteiger partial charge in [-0.15, -0.1) is 0 Å². The number of piperidine rings is 1. The molecule has 3 heterocycles. The minimum Gasteiger partial charge on any atom is -0.374 e. The Morgan fingerprint density at radius 1 is 1.25 bits per heavy atom. The molecule has 3 aliphatic rings. The fourth-order valence-electron chi connectivity index (χ4n) is 3.98. The summed E-state index contributed by atoms with van der Waals surface area (Å²) < 4.78 is 0. The first-order valence-corrected chi connectivity index (χ1v) is 8.79. The van der Waals surface area contributed by atoms with E-state index in [2.05, 4.69) is 20.9 Å². The third kappa shape index (κ3) is 3.31. The number of rotatable bonds is 4. The molecular formula is C17H26N4O3. The van der Waals surface area contributed by atoms with Crippen molar-refractivity contribution in [3.63, 3.8) is 0 Å². The molecular weight excluding hydrogens is 308 g/mol. The van der Waals surface area contributed by atoms with Gasteiger partial charge in [-0.1, -0.05) is 6.92 Å². The molecule has 24 heavy (non-hydrogen) atoms. The van der Waals surface area contributed by atoms with Crippen molar-refractivity contribution in [1.29, 1.82) is 0 Å². The first-order valence-electron chi connectivity index (χ1n) is 8.79. The monoisotopic (exact) mass is 334 g/mol. The molecule has 7 heteroatoms. The van der Waals surface area contributed by atoms with Crippen LogP contribution in [0, 0.1) is 11.8 Å². The van der Waals surface area contributed by atoms with Gasteiger partial charge in [0.1, 0.15) is 6.04 Å². The molecule has 3 aliphatic heterocycles. The van der Waals surface area contributed by atoms with Crippen LogP contribution in [0.15, 0.2) is 11.3 Å². The van der Waals surface area contributed by atoms with Gasteiger partial charge in [0.25, 0.3) is 0 Å². The van der Waals surface area contributed by atoms with Gasteiger partial charge in [0, 0.05) is 43.9 Å². The normalized spacial score (nSPS) is 30.8. The Hall–Kier alpha value is -1.89. The van der Waals surface area contributed by atoms with Gasteiger partial charge in [0.15, 0.2) is 0 Å². The lowest BCUT2D eigenvalue weighted by molar-refractivity contribution is -0.136. The van der Waals surface area contributed by atoms with E-state index in [0.717, 1.165) is 37.4 Å². The van der Waals surface area contributed by atoms with Crippen molar-refractivity contribution in [3.8, 4) is 0 Å². The fraction of sp³-hybridized carbons (Fsp3) is 0.706. The number of carbonyl (C=O) groups is 3. The lowest BCUT2D eigenvalue weighted by Gasteiger charge is -2.26. The van der Waals surface area contributed by atoms with E-state index in [-0.39, 0.29) is 18.2 Å². The zero-order valence-corrected chi connectivity index (χ0v) is 14.4. The van der Waals surface area contributed by atoms with E-state index in [0.29, 0.717) is 24.7 Å². The zero-order valence-electron chi connectivity index (χ0n) is 14.4. The standard InChI is InChI=1S/C17H26N4O3/c1-3-13(10(2)21-8-11-6-18-7-12(11)9-21)16(23)19-14-4-5-15(22)20-17(14)24/h11-12,14,18H,3-9H2,1-2H3,(H,19,23)(H,20,22,24)/b13-10+. The number of nitrogens with one attached hydrogen (secondary N) is 3. The van der Waals surface area contributed by atoms with Crippen LogP contribution in [0.4, 0.5) is 0 Å². The van der Waals surface area contributed by atoms with E-state index in [9.17, 15) is 14.4 Å². The highest BCUT2D eigenvalue weighted by molar-refractivity contribution is 6.03. The highest BCUT2D eigenvalue weighted by Gasteiger charge is 2.37. The first kappa shape index (κ1) is 17.0.